The number of hydrogen-bond donors (Lipinski definition) is 2. The molecule has 2 atom stereocenters. The van der Waals surface area contributed by atoms with Crippen LogP contribution in [0.1, 0.15) is 58.3 Å². The lowest BCUT2D eigenvalue weighted by Gasteiger charge is -2.19. The summed E-state index contributed by atoms with van der Waals surface area (Å²) < 4.78 is 11.2. The standard InChI is InChI=1S/C18H35N3O2/c1-15(13-23-17-10-12-22-14-17)21-18(19-2)20-11-6-5-9-16-7-3-4-8-16/h15-17H,3-14H2,1-2H3,(H2,19,20,21). The van der Waals surface area contributed by atoms with Crippen LogP contribution in [0.15, 0.2) is 4.99 Å². The van der Waals surface area contributed by atoms with E-state index in [-0.39, 0.29) is 12.1 Å². The lowest BCUT2D eigenvalue weighted by Crippen LogP contribution is -2.44. The van der Waals surface area contributed by atoms with Crippen LogP contribution < -0.4 is 10.6 Å². The quantitative estimate of drug-likeness (QED) is 0.389. The summed E-state index contributed by atoms with van der Waals surface area (Å²) in [5, 5.41) is 6.81. The minimum atomic E-state index is 0.250. The molecule has 5 nitrogen and oxygen atoms in total. The van der Waals surface area contributed by atoms with Gasteiger partial charge in [-0.1, -0.05) is 38.5 Å². The van der Waals surface area contributed by atoms with Gasteiger partial charge in [0, 0.05) is 26.2 Å². The number of nitrogens with one attached hydrogen (secondary N) is 2. The van der Waals surface area contributed by atoms with Gasteiger partial charge in [0.25, 0.3) is 0 Å². The second-order valence-corrected chi connectivity index (χ2v) is 7.01. The van der Waals surface area contributed by atoms with Gasteiger partial charge in [-0.2, -0.15) is 0 Å². The highest BCUT2D eigenvalue weighted by molar-refractivity contribution is 5.79. The molecule has 1 aliphatic heterocycles. The molecule has 23 heavy (non-hydrogen) atoms. The van der Waals surface area contributed by atoms with Crippen molar-refractivity contribution in [2.75, 3.05) is 33.4 Å². The largest absolute Gasteiger partial charge is 0.379 e. The van der Waals surface area contributed by atoms with Crippen LogP contribution in [0.2, 0.25) is 0 Å². The first-order valence-corrected chi connectivity index (χ1v) is 9.44. The highest BCUT2D eigenvalue weighted by Crippen LogP contribution is 2.28. The first-order valence-electron chi connectivity index (χ1n) is 9.44. The van der Waals surface area contributed by atoms with Crippen LogP contribution in [0.5, 0.6) is 0 Å². The zero-order chi connectivity index (χ0) is 16.3. The molecule has 0 amide bonds. The summed E-state index contributed by atoms with van der Waals surface area (Å²) in [4.78, 5) is 4.30. The Balaban J connectivity index is 1.49. The third-order valence-corrected chi connectivity index (χ3v) is 4.88. The van der Waals surface area contributed by atoms with Gasteiger partial charge in [0.2, 0.25) is 0 Å². The number of ether oxygens (including phenoxy) is 2. The number of rotatable bonds is 9. The highest BCUT2D eigenvalue weighted by atomic mass is 16.5. The number of hydrogen-bond acceptors (Lipinski definition) is 3. The van der Waals surface area contributed by atoms with Gasteiger partial charge in [-0.15, -0.1) is 0 Å². The maximum Gasteiger partial charge on any atom is 0.191 e. The van der Waals surface area contributed by atoms with Gasteiger partial charge >= 0.3 is 0 Å². The SMILES string of the molecule is CN=C(NCCCCC1CCCC1)NC(C)COC1CCOC1. The summed E-state index contributed by atoms with van der Waals surface area (Å²) in [7, 11) is 1.83. The van der Waals surface area contributed by atoms with Crippen LogP contribution in [0.4, 0.5) is 0 Å². The molecule has 1 saturated heterocycles. The molecule has 1 heterocycles. The van der Waals surface area contributed by atoms with Gasteiger partial charge in [0.05, 0.1) is 19.3 Å². The smallest absolute Gasteiger partial charge is 0.191 e. The number of aliphatic imine (C=N–C) groups is 1. The predicted octanol–water partition coefficient (Wildman–Crippen LogP) is 2.71. The van der Waals surface area contributed by atoms with Gasteiger partial charge in [-0.05, 0) is 25.7 Å². The molecule has 2 aliphatic rings. The van der Waals surface area contributed by atoms with Gasteiger partial charge in [0.1, 0.15) is 0 Å². The lowest BCUT2D eigenvalue weighted by atomic mass is 10.0. The molecule has 1 saturated carbocycles. The fourth-order valence-electron chi connectivity index (χ4n) is 3.46. The van der Waals surface area contributed by atoms with Crippen LogP contribution in [0.3, 0.4) is 0 Å². The molecule has 1 aliphatic carbocycles. The molecule has 5 heteroatoms. The summed E-state index contributed by atoms with van der Waals surface area (Å²) in [6, 6.07) is 0.250. The van der Waals surface area contributed by atoms with Crippen LogP contribution in [0.25, 0.3) is 0 Å². The van der Waals surface area contributed by atoms with Crippen molar-refractivity contribution in [1.29, 1.82) is 0 Å². The van der Waals surface area contributed by atoms with Gasteiger partial charge < -0.3 is 20.1 Å². The number of guanidine groups is 1. The second-order valence-electron chi connectivity index (χ2n) is 7.01. The van der Waals surface area contributed by atoms with E-state index in [2.05, 4.69) is 22.5 Å². The zero-order valence-electron chi connectivity index (χ0n) is 15.0. The van der Waals surface area contributed by atoms with E-state index < -0.39 is 0 Å². The highest BCUT2D eigenvalue weighted by Gasteiger charge is 2.17. The average Bonchev–Trinajstić information content (AvgIpc) is 3.25. The molecule has 2 unspecified atom stereocenters. The first-order chi connectivity index (χ1) is 11.3. The second kappa shape index (κ2) is 10.9. The van der Waals surface area contributed by atoms with Crippen LogP contribution >= 0.6 is 0 Å². The maximum absolute atomic E-state index is 5.84. The maximum atomic E-state index is 5.84. The van der Waals surface area contributed by atoms with Crippen molar-refractivity contribution in [2.24, 2.45) is 10.9 Å². The molecule has 2 N–H and O–H groups in total. The summed E-state index contributed by atoms with van der Waals surface area (Å²) >= 11 is 0. The normalized spacial score (nSPS) is 24.1. The first kappa shape index (κ1) is 18.5. The molecule has 0 radical (unpaired) electrons. The van der Waals surface area contributed by atoms with Crippen LogP contribution in [0, 0.1) is 5.92 Å². The Kier molecular flexibility index (Phi) is 8.76. The van der Waals surface area contributed by atoms with Crippen molar-refractivity contribution >= 4 is 5.96 Å². The van der Waals surface area contributed by atoms with E-state index >= 15 is 0 Å². The van der Waals surface area contributed by atoms with Gasteiger partial charge in [-0.25, -0.2) is 0 Å². The molecule has 0 spiro atoms. The van der Waals surface area contributed by atoms with E-state index in [0.29, 0.717) is 6.61 Å². The minimum absolute atomic E-state index is 0.250. The Morgan fingerprint density at radius 3 is 2.78 bits per heavy atom. The van der Waals surface area contributed by atoms with E-state index in [1.807, 2.05) is 7.05 Å². The summed E-state index contributed by atoms with van der Waals surface area (Å²) in [6.07, 6.45) is 11.1. The van der Waals surface area contributed by atoms with Gasteiger partial charge in [-0.3, -0.25) is 4.99 Å². The molecule has 2 fully saturated rings. The van der Waals surface area contributed by atoms with Crippen molar-refractivity contribution in [3.8, 4) is 0 Å². The lowest BCUT2D eigenvalue weighted by molar-refractivity contribution is 0.0347. The Bertz CT molecular complexity index is 337. The number of unbranched alkanes of at least 4 members (excludes halogenated alkanes) is 1. The molecular weight excluding hydrogens is 290 g/mol. The monoisotopic (exact) mass is 325 g/mol. The molecule has 0 bridgehead atoms. The Morgan fingerprint density at radius 2 is 2.09 bits per heavy atom. The molecular formula is C18H35N3O2. The van der Waals surface area contributed by atoms with E-state index in [1.165, 1.54) is 44.9 Å². The molecule has 2 rings (SSSR count). The van der Waals surface area contributed by atoms with E-state index in [1.54, 1.807) is 0 Å². The summed E-state index contributed by atoms with van der Waals surface area (Å²) in [6.45, 7) is 5.38. The topological polar surface area (TPSA) is 54.9 Å². The predicted molar refractivity (Wildman–Crippen MR) is 94.9 cm³/mol. The van der Waals surface area contributed by atoms with Crippen molar-refractivity contribution in [2.45, 2.75) is 70.4 Å². The molecule has 134 valence electrons. The molecule has 0 aromatic rings. The van der Waals surface area contributed by atoms with Crippen molar-refractivity contribution in [3.63, 3.8) is 0 Å². The zero-order valence-corrected chi connectivity index (χ0v) is 15.0. The van der Waals surface area contributed by atoms with E-state index in [0.717, 1.165) is 38.1 Å². The Morgan fingerprint density at radius 1 is 1.26 bits per heavy atom. The van der Waals surface area contributed by atoms with Crippen LogP contribution in [-0.2, 0) is 9.47 Å². The fraction of sp³-hybridized carbons (Fsp3) is 0.944. The Labute approximate surface area is 141 Å². The number of nitrogens with zero attached hydrogens (tertiary/aromatic N) is 1. The average molecular weight is 325 g/mol. The third kappa shape index (κ3) is 7.53. The summed E-state index contributed by atoms with van der Waals surface area (Å²) in [5.41, 5.74) is 0. The van der Waals surface area contributed by atoms with Gasteiger partial charge in [0.15, 0.2) is 5.96 Å². The van der Waals surface area contributed by atoms with Crippen molar-refractivity contribution in [3.05, 3.63) is 0 Å². The minimum Gasteiger partial charge on any atom is -0.379 e. The third-order valence-electron chi connectivity index (χ3n) is 4.88. The van der Waals surface area contributed by atoms with E-state index in [4.69, 9.17) is 9.47 Å². The fourth-order valence-corrected chi connectivity index (χ4v) is 3.46. The molecule has 0 aromatic heterocycles. The molecule has 0 aromatic carbocycles. The Hall–Kier alpha value is -0.810. The van der Waals surface area contributed by atoms with E-state index in [9.17, 15) is 0 Å². The van der Waals surface area contributed by atoms with Crippen LogP contribution in [-0.4, -0.2) is 51.5 Å². The summed E-state index contributed by atoms with van der Waals surface area (Å²) in [5.74, 6) is 1.88. The van der Waals surface area contributed by atoms with Crippen molar-refractivity contribution in [1.82, 2.24) is 10.6 Å². The van der Waals surface area contributed by atoms with Crippen molar-refractivity contribution < 1.29 is 9.47 Å².